The summed E-state index contributed by atoms with van der Waals surface area (Å²) in [5.41, 5.74) is 4.60. The van der Waals surface area contributed by atoms with E-state index in [1.54, 1.807) is 13.0 Å². The van der Waals surface area contributed by atoms with Gasteiger partial charge < -0.3 is 20.7 Å². The zero-order valence-corrected chi connectivity index (χ0v) is 21.4. The Kier molecular flexibility index (Phi) is 7.22. The summed E-state index contributed by atoms with van der Waals surface area (Å²) in [4.78, 5) is 30.6. The van der Waals surface area contributed by atoms with Gasteiger partial charge in [0.2, 0.25) is 0 Å². The standard InChI is InChI=1S/C23H29BrN4O5S/c1-13-20(10-18-17-9-15(24)3-4-19(17)27-22(18)30)26-14(2)21(13)23(31)25-11-16(29)12-28-5-7-34(32,33)8-6-28/h3-4,9-10,16,26,29,32-33H,5-8,11-12H2,1-2H3,(H,25,31)(H,27,30)/t16-/m0/s1. The van der Waals surface area contributed by atoms with E-state index in [9.17, 15) is 23.8 Å². The van der Waals surface area contributed by atoms with Crippen molar-refractivity contribution in [2.45, 2.75) is 20.0 Å². The van der Waals surface area contributed by atoms with E-state index in [-0.39, 0.29) is 18.4 Å². The molecule has 184 valence electrons. The fourth-order valence-corrected chi connectivity index (χ4v) is 5.98. The number of H-pyrrole nitrogens is 1. The SMILES string of the molecule is Cc1[nH]c(C=C2C(=O)Nc3ccc(Br)cc32)c(C)c1C(=O)NC[C@H](O)CN1CCS(O)(O)CC1. The third kappa shape index (κ3) is 5.40. The Hall–Kier alpha value is -2.15. The van der Waals surface area contributed by atoms with Gasteiger partial charge >= 0.3 is 0 Å². The molecule has 1 fully saturated rings. The lowest BCUT2D eigenvalue weighted by Gasteiger charge is -2.41. The number of nitrogens with one attached hydrogen (secondary N) is 3. The van der Waals surface area contributed by atoms with Crippen LogP contribution < -0.4 is 10.6 Å². The number of anilines is 1. The second-order valence-electron chi connectivity index (χ2n) is 8.74. The Bertz CT molecular complexity index is 1150. The van der Waals surface area contributed by atoms with Crippen LogP contribution in [0.1, 0.15) is 32.9 Å². The van der Waals surface area contributed by atoms with E-state index >= 15 is 0 Å². The van der Waals surface area contributed by atoms with E-state index < -0.39 is 16.7 Å². The molecule has 2 aliphatic heterocycles. The minimum Gasteiger partial charge on any atom is -0.390 e. The van der Waals surface area contributed by atoms with Crippen LogP contribution in [0, 0.1) is 13.8 Å². The van der Waals surface area contributed by atoms with Gasteiger partial charge in [-0.15, -0.1) is 0 Å². The molecule has 2 amide bonds. The number of β-amino-alcohol motifs (C(OH)–C–C–N with tert-alkyl or cyclic N) is 1. The maximum absolute atomic E-state index is 12.9. The maximum atomic E-state index is 12.9. The first-order valence-corrected chi connectivity index (χ1v) is 13.7. The number of aliphatic hydroxyl groups excluding tert-OH is 1. The summed E-state index contributed by atoms with van der Waals surface area (Å²) in [7, 11) is -2.48. The van der Waals surface area contributed by atoms with Crippen LogP contribution in [0.3, 0.4) is 0 Å². The summed E-state index contributed by atoms with van der Waals surface area (Å²) >= 11 is 3.44. The van der Waals surface area contributed by atoms with Crippen LogP contribution in [0.2, 0.25) is 0 Å². The zero-order valence-electron chi connectivity index (χ0n) is 19.0. The van der Waals surface area contributed by atoms with Gasteiger partial charge in [-0.05, 0) is 43.7 Å². The van der Waals surface area contributed by atoms with Gasteiger partial charge in [0.15, 0.2) is 0 Å². The Morgan fingerprint density at radius 3 is 2.71 bits per heavy atom. The molecule has 0 radical (unpaired) electrons. The van der Waals surface area contributed by atoms with Crippen molar-refractivity contribution in [2.24, 2.45) is 0 Å². The van der Waals surface area contributed by atoms with Gasteiger partial charge in [-0.2, -0.15) is 10.6 Å². The van der Waals surface area contributed by atoms with E-state index in [1.807, 2.05) is 30.0 Å². The van der Waals surface area contributed by atoms with Crippen LogP contribution in [0.5, 0.6) is 0 Å². The van der Waals surface area contributed by atoms with Gasteiger partial charge in [-0.25, -0.2) is 0 Å². The summed E-state index contributed by atoms with van der Waals surface area (Å²) < 4.78 is 20.3. The third-order valence-corrected chi connectivity index (χ3v) is 8.36. The highest BCUT2D eigenvalue weighted by atomic mass is 79.9. The fraction of sp³-hybridized carbons (Fsp3) is 0.391. The van der Waals surface area contributed by atoms with Gasteiger partial charge in [0.25, 0.3) is 11.8 Å². The number of fused-ring (bicyclic) bond motifs is 1. The van der Waals surface area contributed by atoms with Crippen molar-refractivity contribution in [1.82, 2.24) is 15.2 Å². The van der Waals surface area contributed by atoms with Crippen LogP contribution in [0.25, 0.3) is 11.6 Å². The second-order valence-corrected chi connectivity index (χ2v) is 12.1. The highest BCUT2D eigenvalue weighted by Gasteiger charge is 2.27. The van der Waals surface area contributed by atoms with Crippen LogP contribution >= 0.6 is 26.5 Å². The van der Waals surface area contributed by atoms with E-state index in [0.29, 0.717) is 53.7 Å². The van der Waals surface area contributed by atoms with Crippen molar-refractivity contribution in [3.63, 3.8) is 0 Å². The summed E-state index contributed by atoms with van der Waals surface area (Å²) in [5, 5.41) is 16.0. The van der Waals surface area contributed by atoms with Crippen molar-refractivity contribution in [3.05, 3.63) is 50.8 Å². The molecule has 34 heavy (non-hydrogen) atoms. The van der Waals surface area contributed by atoms with Crippen LogP contribution in [0.4, 0.5) is 5.69 Å². The van der Waals surface area contributed by atoms with Crippen molar-refractivity contribution >= 4 is 55.7 Å². The number of hydrogen-bond donors (Lipinski definition) is 6. The minimum absolute atomic E-state index is 0.0792. The molecule has 4 rings (SSSR count). The largest absolute Gasteiger partial charge is 0.390 e. The van der Waals surface area contributed by atoms with E-state index in [1.165, 1.54) is 0 Å². The molecular weight excluding hydrogens is 524 g/mol. The van der Waals surface area contributed by atoms with E-state index in [4.69, 9.17) is 0 Å². The molecular formula is C23H29BrN4O5S. The number of aromatic amines is 1. The second kappa shape index (κ2) is 9.84. The average molecular weight is 553 g/mol. The molecule has 0 bridgehead atoms. The van der Waals surface area contributed by atoms with Crippen LogP contribution in [0.15, 0.2) is 22.7 Å². The molecule has 0 spiro atoms. The van der Waals surface area contributed by atoms with Crippen LogP contribution in [-0.2, 0) is 4.79 Å². The average Bonchev–Trinajstić information content (AvgIpc) is 3.23. The minimum atomic E-state index is -2.48. The van der Waals surface area contributed by atoms with E-state index in [2.05, 4.69) is 31.5 Å². The number of nitrogens with zero attached hydrogens (tertiary/aromatic N) is 1. The smallest absolute Gasteiger partial charge is 0.256 e. The van der Waals surface area contributed by atoms with Gasteiger partial charge in [-0.1, -0.05) is 15.9 Å². The number of hydrogen-bond acceptors (Lipinski definition) is 6. The molecule has 3 heterocycles. The van der Waals surface area contributed by atoms with Crippen molar-refractivity contribution < 1.29 is 23.8 Å². The number of aliphatic hydroxyl groups is 1. The zero-order chi connectivity index (χ0) is 24.6. The lowest BCUT2D eigenvalue weighted by molar-refractivity contribution is -0.110. The molecule has 2 aromatic rings. The summed E-state index contributed by atoms with van der Waals surface area (Å²) in [5.74, 6) is 0.117. The number of amides is 2. The molecule has 9 nitrogen and oxygen atoms in total. The maximum Gasteiger partial charge on any atom is 0.256 e. The molecule has 0 aliphatic carbocycles. The van der Waals surface area contributed by atoms with Crippen molar-refractivity contribution in [1.29, 1.82) is 0 Å². The van der Waals surface area contributed by atoms with Crippen LogP contribution in [-0.4, -0.2) is 79.7 Å². The first-order valence-electron chi connectivity index (χ1n) is 11.0. The van der Waals surface area contributed by atoms with Crippen molar-refractivity contribution in [2.75, 3.05) is 43.0 Å². The lowest BCUT2D eigenvalue weighted by atomic mass is 10.0. The molecule has 1 atom stereocenters. The monoisotopic (exact) mass is 552 g/mol. The Morgan fingerprint density at radius 1 is 1.29 bits per heavy atom. The van der Waals surface area contributed by atoms with Gasteiger partial charge in [0.1, 0.15) is 0 Å². The predicted molar refractivity (Wildman–Crippen MR) is 138 cm³/mol. The number of rotatable bonds is 6. The highest BCUT2D eigenvalue weighted by Crippen LogP contribution is 2.40. The van der Waals surface area contributed by atoms with Crippen molar-refractivity contribution in [3.8, 4) is 0 Å². The Morgan fingerprint density at radius 2 is 2.00 bits per heavy atom. The molecule has 0 saturated carbocycles. The lowest BCUT2D eigenvalue weighted by Crippen LogP contribution is -2.45. The normalized spacial score (nSPS) is 20.6. The molecule has 1 aromatic heterocycles. The van der Waals surface area contributed by atoms with E-state index in [0.717, 1.165) is 21.3 Å². The Balaban J connectivity index is 1.43. The first-order chi connectivity index (χ1) is 16.0. The number of benzene rings is 1. The fourth-order valence-electron chi connectivity index (χ4n) is 4.32. The molecule has 1 saturated heterocycles. The molecule has 2 aliphatic rings. The summed E-state index contributed by atoms with van der Waals surface area (Å²) in [6, 6.07) is 5.58. The molecule has 0 unspecified atom stereocenters. The summed E-state index contributed by atoms with van der Waals surface area (Å²) in [6.45, 7) is 5.06. The number of aromatic nitrogens is 1. The molecule has 1 aromatic carbocycles. The summed E-state index contributed by atoms with van der Waals surface area (Å²) in [6.07, 6.45) is 0.976. The predicted octanol–water partition coefficient (Wildman–Crippen LogP) is 3.04. The number of halogens is 1. The number of aryl methyl sites for hydroxylation is 1. The number of carbonyl (C=O) groups excluding carboxylic acids is 2. The first kappa shape index (κ1) is 25.0. The quantitative estimate of drug-likeness (QED) is 0.304. The third-order valence-electron chi connectivity index (χ3n) is 6.19. The van der Waals surface area contributed by atoms with Gasteiger partial charge in [0, 0.05) is 53.3 Å². The number of carbonyl (C=O) groups is 2. The Labute approximate surface area is 208 Å². The molecule has 6 N–H and O–H groups in total. The topological polar surface area (TPSA) is 138 Å². The highest BCUT2D eigenvalue weighted by molar-refractivity contribution is 9.10. The van der Waals surface area contributed by atoms with Gasteiger partial charge in [-0.3, -0.25) is 23.6 Å². The van der Waals surface area contributed by atoms with Gasteiger partial charge in [0.05, 0.1) is 28.7 Å². The molecule has 11 heteroatoms.